The molecule has 0 N–H and O–H groups in total. The molecule has 1 saturated heterocycles. The Bertz CT molecular complexity index is 899. The number of carboxylic acid groups (broad SMARTS) is 1. The Hall–Kier alpha value is -1.96. The fraction of sp³-hybridized carbons (Fsp3) is 0.105. The first-order valence-corrected chi connectivity index (χ1v) is 9.75. The van der Waals surface area contributed by atoms with Gasteiger partial charge in [0.25, 0.3) is 5.91 Å². The first-order chi connectivity index (χ1) is 12.5. The van der Waals surface area contributed by atoms with Crippen molar-refractivity contribution in [1.82, 2.24) is 4.90 Å². The van der Waals surface area contributed by atoms with E-state index in [2.05, 4.69) is 15.9 Å². The van der Waals surface area contributed by atoms with Crippen molar-refractivity contribution in [2.75, 3.05) is 0 Å². The van der Waals surface area contributed by atoms with E-state index >= 15 is 0 Å². The minimum absolute atomic E-state index is 0.139. The van der Waals surface area contributed by atoms with Crippen LogP contribution in [0.25, 0.3) is 6.08 Å². The van der Waals surface area contributed by atoms with Crippen LogP contribution in [-0.2, 0) is 16.0 Å². The third kappa shape index (κ3) is 4.23. The largest absolute Gasteiger partial charge is 0.548 e. The van der Waals surface area contributed by atoms with Gasteiger partial charge in [-0.3, -0.25) is 9.69 Å². The van der Waals surface area contributed by atoms with Crippen molar-refractivity contribution in [1.29, 1.82) is 0 Å². The molecule has 0 unspecified atom stereocenters. The Kier molecular flexibility index (Phi) is 5.90. The average molecular weight is 447 g/mol. The van der Waals surface area contributed by atoms with E-state index < -0.39 is 17.9 Å². The topological polar surface area (TPSA) is 60.4 Å². The molecule has 0 radical (unpaired) electrons. The van der Waals surface area contributed by atoms with Crippen molar-refractivity contribution in [2.24, 2.45) is 0 Å². The highest BCUT2D eigenvalue weighted by Crippen LogP contribution is 2.34. The van der Waals surface area contributed by atoms with Gasteiger partial charge in [-0.15, -0.1) is 0 Å². The van der Waals surface area contributed by atoms with Crippen LogP contribution in [0.3, 0.4) is 0 Å². The molecule has 1 aliphatic rings. The number of carbonyl (C=O) groups is 2. The molecule has 7 heteroatoms. The van der Waals surface area contributed by atoms with Crippen molar-refractivity contribution in [2.45, 2.75) is 12.5 Å². The van der Waals surface area contributed by atoms with Gasteiger partial charge in [0.15, 0.2) is 0 Å². The summed E-state index contributed by atoms with van der Waals surface area (Å²) in [4.78, 5) is 26.0. The quantitative estimate of drug-likeness (QED) is 0.521. The van der Waals surface area contributed by atoms with Crippen LogP contribution < -0.4 is 5.11 Å². The SMILES string of the molecule is O=C([O-])[C@H](Cc1ccccc1)N1C(=O)/C(=C\c2cccc(Br)c2)SC1=S. The molecule has 0 aromatic heterocycles. The van der Waals surface area contributed by atoms with Crippen LogP contribution in [0.15, 0.2) is 64.0 Å². The van der Waals surface area contributed by atoms with Gasteiger partial charge in [-0.1, -0.05) is 82.4 Å². The number of carbonyl (C=O) groups excluding carboxylic acids is 2. The standard InChI is InChI=1S/C19H14BrNO3S2/c20-14-8-4-7-13(9-14)11-16-17(22)21(19(25)26-16)15(18(23)24)10-12-5-2-1-3-6-12/h1-9,11,15H,10H2,(H,23,24)/p-1/b16-11+/t15-/m0/s1. The molecule has 2 aromatic carbocycles. The lowest BCUT2D eigenvalue weighted by Crippen LogP contribution is -2.51. The molecule has 1 fully saturated rings. The molecule has 26 heavy (non-hydrogen) atoms. The maximum absolute atomic E-state index is 12.8. The summed E-state index contributed by atoms with van der Waals surface area (Å²) in [6.45, 7) is 0. The first kappa shape index (κ1) is 18.8. The number of hydrogen-bond donors (Lipinski definition) is 0. The summed E-state index contributed by atoms with van der Waals surface area (Å²) in [6.07, 6.45) is 1.85. The molecule has 1 heterocycles. The molecule has 132 valence electrons. The molecule has 0 bridgehead atoms. The van der Waals surface area contributed by atoms with Crippen molar-refractivity contribution in [3.05, 3.63) is 75.1 Å². The van der Waals surface area contributed by atoms with E-state index in [0.29, 0.717) is 4.91 Å². The lowest BCUT2D eigenvalue weighted by molar-refractivity contribution is -0.310. The fourth-order valence-corrected chi connectivity index (χ4v) is 4.39. The highest BCUT2D eigenvalue weighted by Gasteiger charge is 2.37. The van der Waals surface area contributed by atoms with Crippen molar-refractivity contribution < 1.29 is 14.7 Å². The molecule has 3 rings (SSSR count). The third-order valence-electron chi connectivity index (χ3n) is 3.83. The van der Waals surface area contributed by atoms with Gasteiger partial charge in [-0.25, -0.2) is 0 Å². The van der Waals surface area contributed by atoms with Crippen LogP contribution in [0.2, 0.25) is 0 Å². The summed E-state index contributed by atoms with van der Waals surface area (Å²) in [7, 11) is 0. The summed E-state index contributed by atoms with van der Waals surface area (Å²) in [6, 6.07) is 15.4. The van der Waals surface area contributed by atoms with Crippen molar-refractivity contribution in [3.63, 3.8) is 0 Å². The summed E-state index contributed by atoms with van der Waals surface area (Å²) >= 11 is 9.76. The van der Waals surface area contributed by atoms with E-state index in [1.165, 1.54) is 0 Å². The Morgan fingerprint density at radius 1 is 1.23 bits per heavy atom. The van der Waals surface area contributed by atoms with E-state index in [4.69, 9.17) is 12.2 Å². The number of hydrogen-bond acceptors (Lipinski definition) is 5. The maximum Gasteiger partial charge on any atom is 0.266 e. The number of thioether (sulfide) groups is 1. The highest BCUT2D eigenvalue weighted by molar-refractivity contribution is 9.10. The predicted molar refractivity (Wildman–Crippen MR) is 108 cm³/mol. The van der Waals surface area contributed by atoms with Gasteiger partial charge < -0.3 is 9.90 Å². The second kappa shape index (κ2) is 8.16. The van der Waals surface area contributed by atoms with E-state index in [1.54, 1.807) is 6.08 Å². The van der Waals surface area contributed by atoms with Gasteiger partial charge in [0.2, 0.25) is 0 Å². The van der Waals surface area contributed by atoms with Gasteiger partial charge in [-0.2, -0.15) is 0 Å². The smallest absolute Gasteiger partial charge is 0.266 e. The maximum atomic E-state index is 12.8. The number of carboxylic acids is 1. The van der Waals surface area contributed by atoms with E-state index in [1.807, 2.05) is 54.6 Å². The Morgan fingerprint density at radius 2 is 1.96 bits per heavy atom. The van der Waals surface area contributed by atoms with Crippen LogP contribution in [-0.4, -0.2) is 27.1 Å². The van der Waals surface area contributed by atoms with Crippen LogP contribution in [0.5, 0.6) is 0 Å². The van der Waals surface area contributed by atoms with Crippen LogP contribution >= 0.6 is 39.9 Å². The molecular formula is C19H13BrNO3S2-. The second-order valence-electron chi connectivity index (χ2n) is 5.63. The van der Waals surface area contributed by atoms with Crippen molar-refractivity contribution in [3.8, 4) is 0 Å². The van der Waals surface area contributed by atoms with E-state index in [0.717, 1.165) is 32.3 Å². The van der Waals surface area contributed by atoms with Crippen LogP contribution in [0.4, 0.5) is 0 Å². The summed E-state index contributed by atoms with van der Waals surface area (Å²) in [5, 5.41) is 11.7. The summed E-state index contributed by atoms with van der Waals surface area (Å²) in [5.74, 6) is -1.74. The zero-order valence-electron chi connectivity index (χ0n) is 13.4. The number of halogens is 1. The predicted octanol–water partition coefficient (Wildman–Crippen LogP) is 3.01. The van der Waals surface area contributed by atoms with Gasteiger partial charge in [0.05, 0.1) is 16.9 Å². The molecule has 1 atom stereocenters. The average Bonchev–Trinajstić information content (AvgIpc) is 2.87. The molecule has 1 aliphatic heterocycles. The molecule has 1 amide bonds. The molecule has 0 saturated carbocycles. The molecule has 4 nitrogen and oxygen atoms in total. The normalized spacial score (nSPS) is 17.0. The summed E-state index contributed by atoms with van der Waals surface area (Å²) < 4.78 is 1.11. The van der Waals surface area contributed by atoms with Gasteiger partial charge in [-0.05, 0) is 35.8 Å². The van der Waals surface area contributed by atoms with Crippen LogP contribution in [0.1, 0.15) is 11.1 Å². The monoisotopic (exact) mass is 446 g/mol. The Morgan fingerprint density at radius 3 is 2.62 bits per heavy atom. The fourth-order valence-electron chi connectivity index (χ4n) is 2.61. The number of aliphatic carboxylic acids is 1. The van der Waals surface area contributed by atoms with Gasteiger partial charge in [0.1, 0.15) is 4.32 Å². The zero-order valence-corrected chi connectivity index (χ0v) is 16.6. The lowest BCUT2D eigenvalue weighted by Gasteiger charge is -2.27. The zero-order chi connectivity index (χ0) is 18.7. The number of thiocarbonyl (C=S) groups is 1. The number of benzene rings is 2. The Balaban J connectivity index is 1.88. The third-order valence-corrected chi connectivity index (χ3v) is 5.65. The first-order valence-electron chi connectivity index (χ1n) is 7.73. The minimum Gasteiger partial charge on any atom is -0.548 e. The number of nitrogens with zero attached hydrogens (tertiary/aromatic N) is 1. The molecule has 0 spiro atoms. The van der Waals surface area contributed by atoms with Crippen molar-refractivity contribution >= 4 is 62.2 Å². The molecular weight excluding hydrogens is 434 g/mol. The summed E-state index contributed by atoms with van der Waals surface area (Å²) in [5.41, 5.74) is 1.62. The lowest BCUT2D eigenvalue weighted by atomic mass is 10.0. The molecule has 2 aromatic rings. The molecule has 0 aliphatic carbocycles. The van der Waals surface area contributed by atoms with Gasteiger partial charge in [0, 0.05) is 4.47 Å². The second-order valence-corrected chi connectivity index (χ2v) is 8.22. The van der Waals surface area contributed by atoms with E-state index in [-0.39, 0.29) is 10.7 Å². The highest BCUT2D eigenvalue weighted by atomic mass is 79.9. The van der Waals surface area contributed by atoms with E-state index in [9.17, 15) is 14.7 Å². The number of rotatable bonds is 5. The minimum atomic E-state index is -1.33. The van der Waals surface area contributed by atoms with Crippen LogP contribution in [0, 0.1) is 0 Å². The Labute approximate surface area is 169 Å². The number of amides is 1. The van der Waals surface area contributed by atoms with Gasteiger partial charge >= 0.3 is 0 Å².